The van der Waals surface area contributed by atoms with E-state index in [-0.39, 0.29) is 40.6 Å². The largest absolute Gasteiger partial charge is 0.484 e. The third-order valence-corrected chi connectivity index (χ3v) is 6.62. The second-order valence-corrected chi connectivity index (χ2v) is 9.49. The molecule has 1 saturated heterocycles. The number of hydrogen-bond donors (Lipinski definition) is 1. The van der Waals surface area contributed by atoms with Crippen LogP contribution >= 0.6 is 0 Å². The van der Waals surface area contributed by atoms with Crippen LogP contribution in [0.4, 0.5) is 8.78 Å². The highest BCUT2D eigenvalue weighted by Gasteiger charge is 2.28. The Hall–Kier alpha value is -3.27. The Labute approximate surface area is 175 Å². The molecule has 1 aliphatic heterocycles. The van der Waals surface area contributed by atoms with E-state index < -0.39 is 39.0 Å². The monoisotopic (exact) mass is 449 g/mol. The number of sulfone groups is 1. The van der Waals surface area contributed by atoms with E-state index in [0.29, 0.717) is 17.9 Å². The van der Waals surface area contributed by atoms with Gasteiger partial charge in [0.1, 0.15) is 23.0 Å². The van der Waals surface area contributed by atoms with E-state index in [9.17, 15) is 26.8 Å². The van der Waals surface area contributed by atoms with Gasteiger partial charge in [-0.1, -0.05) is 0 Å². The number of carbonyl (C=O) groups is 1. The number of halogens is 2. The average Bonchev–Trinajstić information content (AvgIpc) is 3.03. The average molecular weight is 449 g/mol. The minimum atomic E-state index is -3.10. The van der Waals surface area contributed by atoms with Crippen LogP contribution in [-0.2, 0) is 14.6 Å². The van der Waals surface area contributed by atoms with Gasteiger partial charge in [-0.05, 0) is 42.3 Å². The maximum absolute atomic E-state index is 13.5. The van der Waals surface area contributed by atoms with E-state index in [4.69, 9.17) is 9.15 Å². The molecule has 2 heterocycles. The van der Waals surface area contributed by atoms with Gasteiger partial charge in [-0.2, -0.15) is 0 Å². The minimum absolute atomic E-state index is 0.00506. The second kappa shape index (κ2) is 8.10. The molecule has 1 N–H and O–H groups in total. The van der Waals surface area contributed by atoms with Crippen LogP contribution in [0.5, 0.6) is 5.75 Å². The van der Waals surface area contributed by atoms with Gasteiger partial charge in [-0.3, -0.25) is 4.79 Å². The number of fused-ring (bicyclic) bond motifs is 1. The van der Waals surface area contributed by atoms with Crippen LogP contribution in [0.3, 0.4) is 0 Å². The Morgan fingerprint density at radius 2 is 1.87 bits per heavy atom. The Morgan fingerprint density at radius 3 is 2.55 bits per heavy atom. The van der Waals surface area contributed by atoms with E-state index in [2.05, 4.69) is 5.32 Å². The van der Waals surface area contributed by atoms with E-state index in [1.807, 2.05) is 0 Å². The quantitative estimate of drug-likeness (QED) is 0.601. The number of hydrogen-bond acceptors (Lipinski definition) is 6. The number of ether oxygens (including phenoxy) is 1. The summed E-state index contributed by atoms with van der Waals surface area (Å²) >= 11 is 0. The SMILES string of the molecule is O=C(COc1ccc2cc(-c3cc(F)cc(F)c3)c(=O)oc2c1)N[C@H]1CCS(=O)(=O)C1. The molecule has 1 aliphatic rings. The number of rotatable bonds is 5. The van der Waals surface area contributed by atoms with E-state index in [1.165, 1.54) is 12.1 Å². The first-order valence-corrected chi connectivity index (χ1v) is 11.2. The highest BCUT2D eigenvalue weighted by atomic mass is 32.2. The molecule has 0 saturated carbocycles. The molecule has 1 fully saturated rings. The van der Waals surface area contributed by atoms with Crippen molar-refractivity contribution in [2.75, 3.05) is 18.1 Å². The molecule has 0 bridgehead atoms. The van der Waals surface area contributed by atoms with Gasteiger partial charge in [0.2, 0.25) is 0 Å². The minimum Gasteiger partial charge on any atom is -0.484 e. The molecule has 1 aromatic heterocycles. The lowest BCUT2D eigenvalue weighted by molar-refractivity contribution is -0.123. The van der Waals surface area contributed by atoms with Crippen LogP contribution in [0.1, 0.15) is 6.42 Å². The maximum Gasteiger partial charge on any atom is 0.344 e. The molecule has 162 valence electrons. The predicted molar refractivity (Wildman–Crippen MR) is 109 cm³/mol. The summed E-state index contributed by atoms with van der Waals surface area (Å²) in [6.07, 6.45) is 0.368. The Bertz CT molecular complexity index is 1320. The third kappa shape index (κ3) is 4.91. The summed E-state index contributed by atoms with van der Waals surface area (Å²) in [5.41, 5.74) is -0.551. The zero-order valence-corrected chi connectivity index (χ0v) is 16.9. The van der Waals surface area contributed by atoms with Crippen molar-refractivity contribution in [1.29, 1.82) is 0 Å². The fourth-order valence-corrected chi connectivity index (χ4v) is 5.09. The summed E-state index contributed by atoms with van der Waals surface area (Å²) in [5.74, 6) is -1.87. The first-order chi connectivity index (χ1) is 14.7. The van der Waals surface area contributed by atoms with Crippen LogP contribution in [0.2, 0.25) is 0 Å². The fraction of sp³-hybridized carbons (Fsp3) is 0.238. The molecule has 7 nitrogen and oxygen atoms in total. The first-order valence-electron chi connectivity index (χ1n) is 9.35. The van der Waals surface area contributed by atoms with Crippen molar-refractivity contribution in [3.8, 4) is 16.9 Å². The highest BCUT2D eigenvalue weighted by molar-refractivity contribution is 7.91. The maximum atomic E-state index is 13.5. The van der Waals surface area contributed by atoms with Crippen molar-refractivity contribution in [3.05, 3.63) is 64.5 Å². The van der Waals surface area contributed by atoms with Crippen molar-refractivity contribution in [2.24, 2.45) is 0 Å². The Balaban J connectivity index is 1.48. The topological polar surface area (TPSA) is 103 Å². The zero-order valence-electron chi connectivity index (χ0n) is 16.1. The van der Waals surface area contributed by atoms with Crippen molar-refractivity contribution in [3.63, 3.8) is 0 Å². The van der Waals surface area contributed by atoms with Crippen molar-refractivity contribution >= 4 is 26.7 Å². The van der Waals surface area contributed by atoms with Crippen LogP contribution in [0, 0.1) is 11.6 Å². The molecule has 2 aromatic carbocycles. The predicted octanol–water partition coefficient (Wildman–Crippen LogP) is 2.42. The molecule has 0 unspecified atom stereocenters. The molecule has 0 spiro atoms. The standard InChI is InChI=1S/C21H17F2NO6S/c22-14-5-13(6-15(23)8-14)18-7-12-1-2-17(9-19(12)30-21(18)26)29-10-20(25)24-16-3-4-31(27,28)11-16/h1-2,5-9,16H,3-4,10-11H2,(H,24,25)/t16-/m0/s1. The first kappa shape index (κ1) is 21.0. The number of amides is 1. The van der Waals surface area contributed by atoms with Gasteiger partial charge in [0.05, 0.1) is 17.1 Å². The lowest BCUT2D eigenvalue weighted by Gasteiger charge is -2.12. The number of carbonyl (C=O) groups excluding carboxylic acids is 1. The highest BCUT2D eigenvalue weighted by Crippen LogP contribution is 2.25. The molecule has 1 amide bonds. The van der Waals surface area contributed by atoms with E-state index in [1.54, 1.807) is 12.1 Å². The Kier molecular flexibility index (Phi) is 5.48. The summed E-state index contributed by atoms with van der Waals surface area (Å²) in [4.78, 5) is 24.3. The number of nitrogens with one attached hydrogen (secondary N) is 1. The molecule has 3 aromatic rings. The van der Waals surface area contributed by atoms with Crippen LogP contribution < -0.4 is 15.7 Å². The van der Waals surface area contributed by atoms with Crippen LogP contribution in [0.15, 0.2) is 51.7 Å². The van der Waals surface area contributed by atoms with Gasteiger partial charge in [-0.25, -0.2) is 22.0 Å². The van der Waals surface area contributed by atoms with Gasteiger partial charge >= 0.3 is 5.63 Å². The molecule has 1 atom stereocenters. The van der Waals surface area contributed by atoms with Crippen molar-refractivity contribution < 1.29 is 31.1 Å². The number of benzene rings is 2. The van der Waals surface area contributed by atoms with Crippen LogP contribution in [0.25, 0.3) is 22.1 Å². The summed E-state index contributed by atoms with van der Waals surface area (Å²) in [5, 5.41) is 3.10. The van der Waals surface area contributed by atoms with Gasteiger partial charge in [-0.15, -0.1) is 0 Å². The van der Waals surface area contributed by atoms with Gasteiger partial charge in [0.15, 0.2) is 16.4 Å². The van der Waals surface area contributed by atoms with Crippen molar-refractivity contribution in [2.45, 2.75) is 12.5 Å². The summed E-state index contributed by atoms with van der Waals surface area (Å²) in [7, 11) is -3.10. The third-order valence-electron chi connectivity index (χ3n) is 4.85. The molecule has 0 aliphatic carbocycles. The van der Waals surface area contributed by atoms with Crippen molar-refractivity contribution in [1.82, 2.24) is 5.32 Å². The Morgan fingerprint density at radius 1 is 1.13 bits per heavy atom. The fourth-order valence-electron chi connectivity index (χ4n) is 3.42. The van der Waals surface area contributed by atoms with Gasteiger partial charge < -0.3 is 14.5 Å². The van der Waals surface area contributed by atoms with E-state index in [0.717, 1.165) is 12.1 Å². The molecule has 10 heteroatoms. The molecular weight excluding hydrogens is 432 g/mol. The van der Waals surface area contributed by atoms with Crippen LogP contribution in [-0.4, -0.2) is 38.5 Å². The molecule has 31 heavy (non-hydrogen) atoms. The zero-order chi connectivity index (χ0) is 22.2. The smallest absolute Gasteiger partial charge is 0.344 e. The second-order valence-electron chi connectivity index (χ2n) is 7.26. The molecule has 4 rings (SSSR count). The lowest BCUT2D eigenvalue weighted by atomic mass is 10.1. The molecular formula is C21H17F2NO6S. The van der Waals surface area contributed by atoms with Gasteiger partial charge in [0, 0.05) is 23.6 Å². The molecule has 0 radical (unpaired) electrons. The normalized spacial score (nSPS) is 17.5. The summed E-state index contributed by atoms with van der Waals surface area (Å²) < 4.78 is 60.5. The lowest BCUT2D eigenvalue weighted by Crippen LogP contribution is -2.38. The van der Waals surface area contributed by atoms with E-state index >= 15 is 0 Å². The summed E-state index contributed by atoms with van der Waals surface area (Å²) in [6.45, 7) is -0.340. The van der Waals surface area contributed by atoms with Gasteiger partial charge in [0.25, 0.3) is 5.91 Å². The summed E-state index contributed by atoms with van der Waals surface area (Å²) in [6, 6.07) is 8.34.